The first-order valence-corrected chi connectivity index (χ1v) is 8.99. The number of piperazine rings is 1. The molecule has 1 N–H and O–H groups in total. The lowest BCUT2D eigenvalue weighted by Crippen LogP contribution is -2.45. The zero-order chi connectivity index (χ0) is 16.0. The number of likely N-dealkylation sites (N-methyl/N-ethyl adjacent to an activating group) is 1. The molecule has 1 aliphatic heterocycles. The number of nitrogens with one attached hydrogen (secondary N) is 1. The van der Waals surface area contributed by atoms with Gasteiger partial charge in [0, 0.05) is 32.7 Å². The predicted molar refractivity (Wildman–Crippen MR) is 91.1 cm³/mol. The molecule has 1 rings (SSSR count). The number of rotatable bonds is 12. The average molecular weight is 313 g/mol. The second-order valence-corrected chi connectivity index (χ2v) is 6.28. The molecule has 0 saturated carbocycles. The van der Waals surface area contributed by atoms with Crippen molar-refractivity contribution in [1.29, 1.82) is 0 Å². The van der Waals surface area contributed by atoms with E-state index in [9.17, 15) is 4.79 Å². The Morgan fingerprint density at radius 1 is 1.05 bits per heavy atom. The average Bonchev–Trinajstić information content (AvgIpc) is 2.52. The van der Waals surface area contributed by atoms with E-state index in [0.717, 1.165) is 38.9 Å². The van der Waals surface area contributed by atoms with E-state index < -0.39 is 0 Å². The van der Waals surface area contributed by atoms with E-state index >= 15 is 0 Å². The van der Waals surface area contributed by atoms with Crippen LogP contribution in [0.5, 0.6) is 0 Å². The Bertz CT molecular complexity index is 279. The molecule has 1 aliphatic rings. The normalized spacial score (nSPS) is 16.8. The maximum absolute atomic E-state index is 11.5. The van der Waals surface area contributed by atoms with Crippen LogP contribution in [0.2, 0.25) is 0 Å². The van der Waals surface area contributed by atoms with Gasteiger partial charge < -0.3 is 19.9 Å². The van der Waals surface area contributed by atoms with Crippen LogP contribution in [0.3, 0.4) is 0 Å². The summed E-state index contributed by atoms with van der Waals surface area (Å²) in [5, 5.41) is 3.34. The monoisotopic (exact) mass is 313 g/mol. The fourth-order valence-electron chi connectivity index (χ4n) is 2.60. The van der Waals surface area contributed by atoms with Gasteiger partial charge in [0.15, 0.2) is 0 Å². The van der Waals surface area contributed by atoms with Crippen molar-refractivity contribution < 1.29 is 9.53 Å². The van der Waals surface area contributed by atoms with Gasteiger partial charge in [-0.25, -0.2) is 0 Å². The number of carbonyl (C=O) groups is 1. The second kappa shape index (κ2) is 12.9. The number of esters is 1. The number of ether oxygens (including phenoxy) is 1. The molecule has 0 unspecified atom stereocenters. The first kappa shape index (κ1) is 19.4. The summed E-state index contributed by atoms with van der Waals surface area (Å²) < 4.78 is 5.21. The first-order valence-electron chi connectivity index (χ1n) is 8.99. The van der Waals surface area contributed by atoms with Crippen molar-refractivity contribution in [2.75, 3.05) is 59.5 Å². The number of carbonyl (C=O) groups excluding carboxylic acids is 1. The fraction of sp³-hybridized carbons (Fsp3) is 0.941. The molecule has 1 fully saturated rings. The van der Waals surface area contributed by atoms with E-state index in [4.69, 9.17) is 4.74 Å². The van der Waals surface area contributed by atoms with E-state index in [1.165, 1.54) is 39.0 Å². The molecule has 0 aromatic carbocycles. The van der Waals surface area contributed by atoms with Crippen LogP contribution in [0.15, 0.2) is 0 Å². The summed E-state index contributed by atoms with van der Waals surface area (Å²) in [7, 11) is 2.18. The van der Waals surface area contributed by atoms with Crippen LogP contribution < -0.4 is 5.32 Å². The third-order valence-electron chi connectivity index (χ3n) is 4.19. The Morgan fingerprint density at radius 3 is 2.55 bits per heavy atom. The van der Waals surface area contributed by atoms with Crippen LogP contribution in [0, 0.1) is 0 Å². The zero-order valence-corrected chi connectivity index (χ0v) is 14.6. The molecular weight excluding hydrogens is 278 g/mol. The second-order valence-electron chi connectivity index (χ2n) is 6.28. The van der Waals surface area contributed by atoms with E-state index in [-0.39, 0.29) is 5.97 Å². The zero-order valence-electron chi connectivity index (χ0n) is 14.6. The Labute approximate surface area is 136 Å². The van der Waals surface area contributed by atoms with Gasteiger partial charge in [0.1, 0.15) is 0 Å². The smallest absolute Gasteiger partial charge is 0.307 e. The van der Waals surface area contributed by atoms with Crippen molar-refractivity contribution >= 4 is 5.97 Å². The molecule has 0 aliphatic carbocycles. The van der Waals surface area contributed by atoms with E-state index in [1.54, 1.807) is 0 Å². The molecule has 5 nitrogen and oxygen atoms in total. The molecule has 0 radical (unpaired) electrons. The van der Waals surface area contributed by atoms with E-state index in [0.29, 0.717) is 13.0 Å². The van der Waals surface area contributed by atoms with Crippen LogP contribution in [-0.4, -0.2) is 75.2 Å². The van der Waals surface area contributed by atoms with E-state index in [1.807, 2.05) is 0 Å². The van der Waals surface area contributed by atoms with Crippen molar-refractivity contribution in [3.63, 3.8) is 0 Å². The largest absolute Gasteiger partial charge is 0.466 e. The molecule has 0 amide bonds. The highest BCUT2D eigenvalue weighted by Crippen LogP contribution is 2.00. The highest BCUT2D eigenvalue weighted by Gasteiger charge is 2.12. The molecule has 1 saturated heterocycles. The van der Waals surface area contributed by atoms with Crippen LogP contribution >= 0.6 is 0 Å². The van der Waals surface area contributed by atoms with Gasteiger partial charge in [0.2, 0.25) is 0 Å². The topological polar surface area (TPSA) is 44.8 Å². The summed E-state index contributed by atoms with van der Waals surface area (Å²) in [5.41, 5.74) is 0. The van der Waals surface area contributed by atoms with Crippen molar-refractivity contribution in [2.24, 2.45) is 0 Å². The SMILES string of the molecule is CCCCCCOC(=O)CCNCCCN1CCN(C)CC1. The molecular formula is C17H35N3O2. The minimum Gasteiger partial charge on any atom is -0.466 e. The number of unbranched alkanes of at least 4 members (excludes halogenated alkanes) is 3. The minimum absolute atomic E-state index is 0.0666. The maximum atomic E-state index is 11.5. The summed E-state index contributed by atoms with van der Waals surface area (Å²) in [6, 6.07) is 0. The molecule has 130 valence electrons. The van der Waals surface area contributed by atoms with Crippen molar-refractivity contribution in [3.8, 4) is 0 Å². The van der Waals surface area contributed by atoms with Crippen LogP contribution in [0.25, 0.3) is 0 Å². The summed E-state index contributed by atoms with van der Waals surface area (Å²) in [6.45, 7) is 10.4. The van der Waals surface area contributed by atoms with Crippen molar-refractivity contribution in [3.05, 3.63) is 0 Å². The Morgan fingerprint density at radius 2 is 1.82 bits per heavy atom. The molecule has 0 aromatic heterocycles. The molecule has 0 atom stereocenters. The molecule has 1 heterocycles. The van der Waals surface area contributed by atoms with Crippen LogP contribution in [-0.2, 0) is 9.53 Å². The molecule has 0 aromatic rings. The first-order chi connectivity index (χ1) is 10.7. The van der Waals surface area contributed by atoms with Gasteiger partial charge in [-0.05, 0) is 33.0 Å². The maximum Gasteiger partial charge on any atom is 0.307 e. The highest BCUT2D eigenvalue weighted by molar-refractivity contribution is 5.69. The van der Waals surface area contributed by atoms with Crippen molar-refractivity contribution in [1.82, 2.24) is 15.1 Å². The van der Waals surface area contributed by atoms with Crippen LogP contribution in [0.4, 0.5) is 0 Å². The number of hydrogen-bond donors (Lipinski definition) is 1. The molecule has 0 bridgehead atoms. The quantitative estimate of drug-likeness (QED) is 0.439. The third-order valence-corrected chi connectivity index (χ3v) is 4.19. The Balaban J connectivity index is 1.83. The van der Waals surface area contributed by atoms with Gasteiger partial charge in [-0.15, -0.1) is 0 Å². The molecule has 5 heteroatoms. The van der Waals surface area contributed by atoms with Gasteiger partial charge in [0.05, 0.1) is 13.0 Å². The minimum atomic E-state index is -0.0666. The lowest BCUT2D eigenvalue weighted by Gasteiger charge is -2.32. The van der Waals surface area contributed by atoms with Gasteiger partial charge in [0.25, 0.3) is 0 Å². The summed E-state index contributed by atoms with van der Waals surface area (Å²) >= 11 is 0. The molecule has 22 heavy (non-hydrogen) atoms. The Hall–Kier alpha value is -0.650. The summed E-state index contributed by atoms with van der Waals surface area (Å²) in [6.07, 6.45) is 6.24. The summed E-state index contributed by atoms with van der Waals surface area (Å²) in [4.78, 5) is 16.4. The van der Waals surface area contributed by atoms with Crippen LogP contribution in [0.1, 0.15) is 45.4 Å². The number of nitrogens with zero attached hydrogens (tertiary/aromatic N) is 2. The highest BCUT2D eigenvalue weighted by atomic mass is 16.5. The van der Waals surface area contributed by atoms with Gasteiger partial charge >= 0.3 is 5.97 Å². The Kier molecular flexibility index (Phi) is 11.3. The fourth-order valence-corrected chi connectivity index (χ4v) is 2.60. The lowest BCUT2D eigenvalue weighted by molar-refractivity contribution is -0.143. The van der Waals surface area contributed by atoms with Crippen molar-refractivity contribution in [2.45, 2.75) is 45.4 Å². The molecule has 0 spiro atoms. The van der Waals surface area contributed by atoms with Gasteiger partial charge in [-0.1, -0.05) is 26.2 Å². The standard InChI is InChI=1S/C17H35N3O2/c1-3-4-5-6-16-22-17(21)8-10-18-9-7-11-20-14-12-19(2)13-15-20/h18H,3-16H2,1-2H3. The number of hydrogen-bond acceptors (Lipinski definition) is 5. The third kappa shape index (κ3) is 10.1. The van der Waals surface area contributed by atoms with Gasteiger partial charge in [-0.2, -0.15) is 0 Å². The summed E-state index contributed by atoms with van der Waals surface area (Å²) in [5.74, 6) is -0.0666. The van der Waals surface area contributed by atoms with E-state index in [2.05, 4.69) is 29.1 Å². The lowest BCUT2D eigenvalue weighted by atomic mass is 10.2. The van der Waals surface area contributed by atoms with Gasteiger partial charge in [-0.3, -0.25) is 4.79 Å². The predicted octanol–water partition coefficient (Wildman–Crippen LogP) is 1.73.